The summed E-state index contributed by atoms with van der Waals surface area (Å²) in [5.41, 5.74) is 0. The molecule has 0 aromatic heterocycles. The molecular weight excluding hydrogens is 351 g/mol. The Morgan fingerprint density at radius 3 is 1.58 bits per heavy atom. The van der Waals surface area contributed by atoms with E-state index in [0.717, 1.165) is 12.8 Å². The van der Waals surface area contributed by atoms with Crippen LogP contribution in [0.3, 0.4) is 0 Å². The van der Waals surface area contributed by atoms with Crippen LogP contribution in [0, 0.1) is 0 Å². The molecule has 0 aromatic carbocycles. The van der Waals surface area contributed by atoms with Crippen molar-refractivity contribution < 1.29 is 23.2 Å². The first-order chi connectivity index (χ1) is 12.8. The maximum Gasteiger partial charge on any atom is 0.502 e. The zero-order chi connectivity index (χ0) is 18.8. The number of hydrogen-bond donors (Lipinski definition) is 0. The van der Waals surface area contributed by atoms with Crippen LogP contribution >= 0.6 is 7.82 Å². The van der Waals surface area contributed by atoms with Crippen LogP contribution < -0.4 is 0 Å². The average molecular weight is 393 g/mol. The van der Waals surface area contributed by atoms with E-state index in [1.54, 1.807) is 0 Å². The van der Waals surface area contributed by atoms with E-state index in [2.05, 4.69) is 16.5 Å². The molecule has 0 amide bonds. The predicted molar refractivity (Wildman–Crippen MR) is 106 cm³/mol. The third-order valence-corrected chi connectivity index (χ3v) is 6.09. The van der Waals surface area contributed by atoms with Gasteiger partial charge in [0.15, 0.2) is 0 Å². The van der Waals surface area contributed by atoms with E-state index in [1.807, 2.05) is 0 Å². The standard InChI is InChI=1S/C20H41O5P/c1-2-3-4-5-6-7-8-9-10-11-12-13-14-15-16-17-18-23-26(21)24-20-19-22-25-26/h2-20H2,1H3. The van der Waals surface area contributed by atoms with Crippen LogP contribution in [0.1, 0.15) is 110 Å². The van der Waals surface area contributed by atoms with Crippen LogP contribution in [0.25, 0.3) is 0 Å². The van der Waals surface area contributed by atoms with Gasteiger partial charge in [-0.1, -0.05) is 103 Å². The number of rotatable bonds is 18. The van der Waals surface area contributed by atoms with Crippen molar-refractivity contribution in [3.8, 4) is 0 Å². The van der Waals surface area contributed by atoms with E-state index in [1.165, 1.54) is 89.9 Å². The molecule has 1 unspecified atom stereocenters. The molecule has 1 heterocycles. The van der Waals surface area contributed by atoms with Crippen molar-refractivity contribution in [2.75, 3.05) is 19.8 Å². The second kappa shape index (κ2) is 17.2. The Kier molecular flexibility index (Phi) is 15.9. The molecule has 1 fully saturated rings. The second-order valence-electron chi connectivity index (χ2n) is 7.31. The van der Waals surface area contributed by atoms with E-state index < -0.39 is 7.82 Å². The summed E-state index contributed by atoms with van der Waals surface area (Å²) < 4.78 is 26.6. The molecule has 0 radical (unpaired) electrons. The Morgan fingerprint density at radius 1 is 0.692 bits per heavy atom. The molecule has 1 rings (SSSR count). The summed E-state index contributed by atoms with van der Waals surface area (Å²) in [6, 6.07) is 0. The molecule has 5 nitrogen and oxygen atoms in total. The highest BCUT2D eigenvalue weighted by Crippen LogP contribution is 2.51. The Hall–Kier alpha value is 0.0700. The lowest BCUT2D eigenvalue weighted by Gasteiger charge is -2.20. The van der Waals surface area contributed by atoms with Gasteiger partial charge in [-0.05, 0) is 6.42 Å². The lowest BCUT2D eigenvalue weighted by molar-refractivity contribution is -0.253. The van der Waals surface area contributed by atoms with Crippen LogP contribution in [-0.2, 0) is 23.2 Å². The number of phosphoric acid groups is 1. The fraction of sp³-hybridized carbons (Fsp3) is 1.00. The van der Waals surface area contributed by atoms with Crippen molar-refractivity contribution >= 4 is 7.82 Å². The average Bonchev–Trinajstić information content (AvgIpc) is 2.65. The molecule has 1 aliphatic rings. The lowest BCUT2D eigenvalue weighted by Crippen LogP contribution is -2.13. The highest BCUT2D eigenvalue weighted by molar-refractivity contribution is 7.48. The van der Waals surface area contributed by atoms with Gasteiger partial charge in [0, 0.05) is 0 Å². The van der Waals surface area contributed by atoms with Crippen molar-refractivity contribution in [3.63, 3.8) is 0 Å². The van der Waals surface area contributed by atoms with Gasteiger partial charge < -0.3 is 0 Å². The molecule has 0 N–H and O–H groups in total. The van der Waals surface area contributed by atoms with E-state index in [0.29, 0.717) is 13.2 Å². The summed E-state index contributed by atoms with van der Waals surface area (Å²) in [6.45, 7) is 3.24. The van der Waals surface area contributed by atoms with Crippen LogP contribution in [0.5, 0.6) is 0 Å². The quantitative estimate of drug-likeness (QED) is 0.139. The number of hydrogen-bond acceptors (Lipinski definition) is 5. The molecule has 1 atom stereocenters. The van der Waals surface area contributed by atoms with E-state index >= 15 is 0 Å². The van der Waals surface area contributed by atoms with Crippen LogP contribution in [0.2, 0.25) is 0 Å². The molecule has 1 aliphatic heterocycles. The smallest absolute Gasteiger partial charge is 0.285 e. The van der Waals surface area contributed by atoms with Gasteiger partial charge in [0.1, 0.15) is 6.61 Å². The maximum atomic E-state index is 11.8. The zero-order valence-corrected chi connectivity index (χ0v) is 17.8. The van der Waals surface area contributed by atoms with E-state index in [9.17, 15) is 4.57 Å². The normalized spacial score (nSPS) is 20.5. The minimum Gasteiger partial charge on any atom is -0.285 e. The van der Waals surface area contributed by atoms with E-state index in [-0.39, 0.29) is 6.61 Å². The highest BCUT2D eigenvalue weighted by atomic mass is 31.2. The van der Waals surface area contributed by atoms with Crippen molar-refractivity contribution in [3.05, 3.63) is 0 Å². The summed E-state index contributed by atoms with van der Waals surface area (Å²) in [7, 11) is -3.43. The molecule has 0 aromatic rings. The fourth-order valence-electron chi connectivity index (χ4n) is 3.19. The van der Waals surface area contributed by atoms with Gasteiger partial charge in [0.25, 0.3) is 0 Å². The van der Waals surface area contributed by atoms with Crippen LogP contribution in [0.4, 0.5) is 0 Å². The van der Waals surface area contributed by atoms with Gasteiger partial charge in [0.05, 0.1) is 13.2 Å². The van der Waals surface area contributed by atoms with Crippen molar-refractivity contribution in [2.24, 2.45) is 0 Å². The monoisotopic (exact) mass is 392 g/mol. The minimum atomic E-state index is -3.43. The molecule has 0 spiro atoms. The van der Waals surface area contributed by atoms with E-state index in [4.69, 9.17) is 9.05 Å². The van der Waals surface area contributed by atoms with Gasteiger partial charge in [-0.25, -0.2) is 9.45 Å². The molecule has 156 valence electrons. The lowest BCUT2D eigenvalue weighted by atomic mass is 10.0. The number of unbranched alkanes of at least 4 members (excludes halogenated alkanes) is 15. The van der Waals surface area contributed by atoms with Crippen LogP contribution in [-0.4, -0.2) is 19.8 Å². The largest absolute Gasteiger partial charge is 0.502 e. The second-order valence-corrected chi connectivity index (χ2v) is 8.87. The molecule has 6 heteroatoms. The summed E-state index contributed by atoms with van der Waals surface area (Å²) in [6.07, 6.45) is 21.3. The van der Waals surface area contributed by atoms with Gasteiger partial charge in [-0.2, -0.15) is 0 Å². The Bertz CT molecular complexity index is 341. The van der Waals surface area contributed by atoms with Crippen molar-refractivity contribution in [1.29, 1.82) is 0 Å². The third kappa shape index (κ3) is 14.2. The molecule has 0 aliphatic carbocycles. The topological polar surface area (TPSA) is 54.0 Å². The summed E-state index contributed by atoms with van der Waals surface area (Å²) >= 11 is 0. The predicted octanol–water partition coefficient (Wildman–Crippen LogP) is 7.35. The van der Waals surface area contributed by atoms with Crippen molar-refractivity contribution in [2.45, 2.75) is 110 Å². The van der Waals surface area contributed by atoms with Crippen LogP contribution in [0.15, 0.2) is 0 Å². The Morgan fingerprint density at radius 2 is 1.15 bits per heavy atom. The SMILES string of the molecule is CCCCCCCCCCCCCCCCCCOP1(=O)OCCOO1. The highest BCUT2D eigenvalue weighted by Gasteiger charge is 2.31. The third-order valence-electron chi connectivity index (χ3n) is 4.81. The molecule has 0 saturated carbocycles. The Labute approximate surface area is 161 Å². The maximum absolute atomic E-state index is 11.8. The molecule has 1 saturated heterocycles. The van der Waals surface area contributed by atoms with Gasteiger partial charge in [-0.15, -0.1) is 4.67 Å². The van der Waals surface area contributed by atoms with Gasteiger partial charge in [-0.3, -0.25) is 9.05 Å². The fourth-order valence-corrected chi connectivity index (χ4v) is 4.21. The minimum absolute atomic E-state index is 0.260. The first kappa shape index (κ1) is 24.1. The molecule has 26 heavy (non-hydrogen) atoms. The summed E-state index contributed by atoms with van der Waals surface area (Å²) in [4.78, 5) is 4.66. The van der Waals surface area contributed by atoms with Gasteiger partial charge in [0.2, 0.25) is 0 Å². The number of phosphoric ester groups is 1. The first-order valence-corrected chi connectivity index (χ1v) is 12.4. The first-order valence-electron chi connectivity index (χ1n) is 11.0. The summed E-state index contributed by atoms with van der Waals surface area (Å²) in [5, 5.41) is 0. The molecular formula is C20H41O5P. The summed E-state index contributed by atoms with van der Waals surface area (Å²) in [5.74, 6) is 0. The Balaban J connectivity index is 1.71. The zero-order valence-electron chi connectivity index (χ0n) is 16.9. The van der Waals surface area contributed by atoms with Crippen molar-refractivity contribution in [1.82, 2.24) is 0 Å². The van der Waals surface area contributed by atoms with Gasteiger partial charge >= 0.3 is 7.82 Å². The molecule has 0 bridgehead atoms.